The number of allylic oxidation sites excluding steroid dienone is 1. The van der Waals surface area contributed by atoms with Crippen molar-refractivity contribution in [2.24, 2.45) is 5.16 Å². The molecule has 0 saturated carbocycles. The number of hydrogen-bond acceptors (Lipinski definition) is 10. The molecule has 12 nitrogen and oxygen atoms in total. The van der Waals surface area contributed by atoms with Gasteiger partial charge in [-0.3, -0.25) is 19.3 Å². The Hall–Kier alpha value is -3.39. The van der Waals surface area contributed by atoms with Crippen molar-refractivity contribution in [3.05, 3.63) is 34.0 Å². The molecule has 3 amide bonds. The maximum Gasteiger partial charge on any atom is 0.352 e. The number of carboxylic acid groups (broad SMARTS) is 1. The molecule has 0 aromatic carbocycles. The first-order valence-corrected chi connectivity index (χ1v) is 10.9. The van der Waals surface area contributed by atoms with Crippen molar-refractivity contribution in [2.75, 3.05) is 18.0 Å². The quantitative estimate of drug-likeness (QED) is 0.121. The molecule has 31 heavy (non-hydrogen) atoms. The minimum atomic E-state index is -1.30. The summed E-state index contributed by atoms with van der Waals surface area (Å²) in [6, 6.07) is -1.01. The van der Waals surface area contributed by atoms with Crippen LogP contribution in [0.5, 0.6) is 0 Å². The summed E-state index contributed by atoms with van der Waals surface area (Å²) in [6.07, 6.45) is 1.98. The second-order valence-electron chi connectivity index (χ2n) is 6.74. The van der Waals surface area contributed by atoms with Gasteiger partial charge in [0.1, 0.15) is 22.8 Å². The van der Waals surface area contributed by atoms with Crippen molar-refractivity contribution >= 4 is 57.6 Å². The number of β-lactam (4-membered cyclic amide) rings is 1. The SMILES string of the molecule is Nc1nc(/C(=N/O)C(=O)N[C@@H]2C(=O)N3C(C(=O)O)=C(/C=C4\CCNC4=O)CS[C@H]23)cs1. The molecule has 1 aromatic heterocycles. The van der Waals surface area contributed by atoms with E-state index in [1.165, 1.54) is 23.2 Å². The van der Waals surface area contributed by atoms with E-state index < -0.39 is 34.9 Å². The largest absolute Gasteiger partial charge is 0.477 e. The highest BCUT2D eigenvalue weighted by Gasteiger charge is 2.54. The topological polar surface area (TPSA) is 187 Å². The Morgan fingerprint density at radius 2 is 2.19 bits per heavy atom. The zero-order chi connectivity index (χ0) is 22.3. The fraction of sp³-hybridized carbons (Fsp3) is 0.294. The Balaban J connectivity index is 1.54. The third kappa shape index (κ3) is 3.63. The van der Waals surface area contributed by atoms with Gasteiger partial charge in [0, 0.05) is 23.3 Å². The van der Waals surface area contributed by atoms with Gasteiger partial charge in [0.2, 0.25) is 5.91 Å². The fourth-order valence-electron chi connectivity index (χ4n) is 3.46. The average molecular weight is 464 g/mol. The van der Waals surface area contributed by atoms with Gasteiger partial charge in [-0.25, -0.2) is 9.78 Å². The minimum absolute atomic E-state index is 0.0531. The predicted molar refractivity (Wildman–Crippen MR) is 110 cm³/mol. The van der Waals surface area contributed by atoms with Crippen LogP contribution in [0.15, 0.2) is 33.5 Å². The lowest BCUT2D eigenvalue weighted by atomic mass is 10.0. The van der Waals surface area contributed by atoms with E-state index in [4.69, 9.17) is 5.73 Å². The molecule has 0 spiro atoms. The number of thioether (sulfide) groups is 1. The van der Waals surface area contributed by atoms with Crippen LogP contribution in [-0.2, 0) is 19.2 Å². The summed E-state index contributed by atoms with van der Waals surface area (Å²) in [4.78, 5) is 53.9. The van der Waals surface area contributed by atoms with E-state index in [0.29, 0.717) is 24.1 Å². The second-order valence-corrected chi connectivity index (χ2v) is 8.73. The number of rotatable bonds is 5. The first kappa shape index (κ1) is 20.9. The average Bonchev–Trinajstić information content (AvgIpc) is 3.34. The predicted octanol–water partition coefficient (Wildman–Crippen LogP) is -0.911. The van der Waals surface area contributed by atoms with Crippen LogP contribution in [0.1, 0.15) is 12.1 Å². The molecule has 2 fully saturated rings. The number of nitrogens with one attached hydrogen (secondary N) is 2. The van der Waals surface area contributed by atoms with Gasteiger partial charge >= 0.3 is 5.97 Å². The van der Waals surface area contributed by atoms with E-state index in [0.717, 1.165) is 16.2 Å². The van der Waals surface area contributed by atoms with Crippen molar-refractivity contribution in [2.45, 2.75) is 17.8 Å². The van der Waals surface area contributed by atoms with Crippen LogP contribution in [0.25, 0.3) is 0 Å². The van der Waals surface area contributed by atoms with Crippen molar-refractivity contribution in [1.82, 2.24) is 20.5 Å². The van der Waals surface area contributed by atoms with Gasteiger partial charge in [-0.05, 0) is 18.1 Å². The van der Waals surface area contributed by atoms with E-state index in [-0.39, 0.29) is 28.2 Å². The first-order chi connectivity index (χ1) is 14.8. The smallest absolute Gasteiger partial charge is 0.352 e. The standard InChI is InChI=1S/C17H16N6O6S2/c18-17-20-8(5-31-17)9(22-29)13(25)21-10-14(26)23-11(16(27)28)7(4-30-15(10)23)3-6-1-2-19-12(6)24/h3,5,10,15,29H,1-2,4H2,(H2,18,20)(H,19,24)(H,21,25)(H,27,28)/b6-3+,22-9-/t10-,15-/m1/s1. The molecule has 14 heteroatoms. The summed E-state index contributed by atoms with van der Waals surface area (Å²) in [5.41, 5.74) is 5.77. The van der Waals surface area contributed by atoms with Gasteiger partial charge in [0.05, 0.1) is 0 Å². The second kappa shape index (κ2) is 8.03. The highest BCUT2D eigenvalue weighted by Crippen LogP contribution is 2.41. The lowest BCUT2D eigenvalue weighted by Crippen LogP contribution is -2.71. The zero-order valence-corrected chi connectivity index (χ0v) is 17.3. The Labute approximate surface area is 182 Å². The van der Waals surface area contributed by atoms with E-state index in [1.54, 1.807) is 0 Å². The van der Waals surface area contributed by atoms with E-state index in [2.05, 4.69) is 20.8 Å². The molecule has 0 bridgehead atoms. The van der Waals surface area contributed by atoms with Crippen molar-refractivity contribution in [3.8, 4) is 0 Å². The van der Waals surface area contributed by atoms with Crippen LogP contribution in [0, 0.1) is 0 Å². The molecule has 2 atom stereocenters. The van der Waals surface area contributed by atoms with Crippen LogP contribution in [-0.4, -0.2) is 73.3 Å². The highest BCUT2D eigenvalue weighted by molar-refractivity contribution is 8.00. The van der Waals surface area contributed by atoms with Crippen molar-refractivity contribution < 1.29 is 29.5 Å². The lowest BCUT2D eigenvalue weighted by molar-refractivity contribution is -0.150. The molecule has 0 unspecified atom stereocenters. The minimum Gasteiger partial charge on any atom is -0.477 e. The number of carbonyl (C=O) groups is 4. The van der Waals surface area contributed by atoms with Crippen molar-refractivity contribution in [3.63, 3.8) is 0 Å². The normalized spacial score (nSPS) is 24.7. The summed E-state index contributed by atoms with van der Waals surface area (Å²) >= 11 is 2.31. The number of aromatic nitrogens is 1. The van der Waals surface area contributed by atoms with Gasteiger partial charge in [-0.15, -0.1) is 23.1 Å². The van der Waals surface area contributed by atoms with Crippen molar-refractivity contribution in [1.29, 1.82) is 0 Å². The number of carbonyl (C=O) groups excluding carboxylic acids is 3. The molecular weight excluding hydrogens is 448 g/mol. The molecule has 0 aliphatic carbocycles. The molecular formula is C17H16N6O6S2. The van der Waals surface area contributed by atoms with Crippen LogP contribution >= 0.6 is 23.1 Å². The van der Waals surface area contributed by atoms with Crippen LogP contribution in [0.4, 0.5) is 5.13 Å². The fourth-order valence-corrected chi connectivity index (χ4v) is 5.31. The number of amides is 3. The van der Waals surface area contributed by atoms with Gasteiger partial charge in [-0.1, -0.05) is 5.16 Å². The zero-order valence-electron chi connectivity index (χ0n) is 15.7. The monoisotopic (exact) mass is 464 g/mol. The summed E-state index contributed by atoms with van der Waals surface area (Å²) in [7, 11) is 0. The van der Waals surface area contributed by atoms with Gasteiger partial charge < -0.3 is 26.7 Å². The number of aliphatic carboxylic acids is 1. The molecule has 3 aliphatic heterocycles. The summed E-state index contributed by atoms with van der Waals surface area (Å²) in [5, 5.41) is 27.9. The number of nitrogen functional groups attached to an aromatic ring is 1. The van der Waals surface area contributed by atoms with Crippen LogP contribution in [0.3, 0.4) is 0 Å². The Morgan fingerprint density at radius 3 is 2.77 bits per heavy atom. The van der Waals surface area contributed by atoms with Gasteiger partial charge in [-0.2, -0.15) is 0 Å². The maximum absolute atomic E-state index is 12.7. The number of nitrogens with two attached hydrogens (primary N) is 1. The third-order valence-electron chi connectivity index (χ3n) is 4.89. The first-order valence-electron chi connectivity index (χ1n) is 8.96. The van der Waals surface area contributed by atoms with E-state index >= 15 is 0 Å². The molecule has 0 radical (unpaired) electrons. The van der Waals surface area contributed by atoms with E-state index in [9.17, 15) is 29.5 Å². The van der Waals surface area contributed by atoms with Gasteiger partial charge in [0.25, 0.3) is 11.8 Å². The number of fused-ring (bicyclic) bond motifs is 1. The number of oxime groups is 1. The summed E-state index contributed by atoms with van der Waals surface area (Å²) in [5.74, 6) is -2.79. The third-order valence-corrected chi connectivity index (χ3v) is 6.86. The Kier molecular flexibility index (Phi) is 5.41. The molecule has 4 rings (SSSR count). The maximum atomic E-state index is 12.7. The van der Waals surface area contributed by atoms with Crippen LogP contribution in [0.2, 0.25) is 0 Å². The molecule has 2 saturated heterocycles. The summed E-state index contributed by atoms with van der Waals surface area (Å²) < 4.78 is 0. The number of carboxylic acids is 1. The van der Waals surface area contributed by atoms with Crippen LogP contribution < -0.4 is 16.4 Å². The lowest BCUT2D eigenvalue weighted by Gasteiger charge is -2.49. The van der Waals surface area contributed by atoms with E-state index in [1.807, 2.05) is 0 Å². The molecule has 4 heterocycles. The number of anilines is 1. The number of nitrogens with zero attached hydrogens (tertiary/aromatic N) is 3. The molecule has 162 valence electrons. The summed E-state index contributed by atoms with van der Waals surface area (Å²) in [6.45, 7) is 0.478. The molecule has 6 N–H and O–H groups in total. The Morgan fingerprint density at radius 1 is 1.42 bits per heavy atom. The number of thiazole rings is 1. The van der Waals surface area contributed by atoms with Gasteiger partial charge in [0.15, 0.2) is 10.8 Å². The molecule has 3 aliphatic rings. The highest BCUT2D eigenvalue weighted by atomic mass is 32.2. The Bertz CT molecular complexity index is 1090. The number of hydrogen-bond donors (Lipinski definition) is 5. The molecule has 1 aromatic rings.